The highest BCUT2D eigenvalue weighted by molar-refractivity contribution is 7.90. The van der Waals surface area contributed by atoms with Gasteiger partial charge in [0.2, 0.25) is 0 Å². The first kappa shape index (κ1) is 36.3. The van der Waals surface area contributed by atoms with Gasteiger partial charge in [0.1, 0.15) is 17.2 Å². The molecule has 3 N–H and O–H groups in total. The number of carboxylic acid groups (broad SMARTS) is 2. The number of carbonyl (C=O) groups excluding carboxylic acids is 2. The number of nitrogens with one attached hydrogen (secondary N) is 1. The fraction of sp³-hybridized carbons (Fsp3) is 0.150. The fourth-order valence-corrected chi connectivity index (χ4v) is 7.33. The van der Waals surface area contributed by atoms with Crippen molar-refractivity contribution >= 4 is 33.8 Å². The molecule has 5 aromatic rings. The standard InChI is InChI=1S/C40H34N2O10S/c1-51-27-17-19-30(20-18-27)53(49,50)41-37(43)32-22-35(40(47)48)33(23-34(32)39(45)46)38(44)42(36-16-8-11-26-10-5-6-15-31(26)36)24-25-9-7-14-29(21-25)52-28-12-3-2-4-13-28/h2-7,9-10,12-15,17-23,36H,8,11,16,24H2,1H3,(H,41,43)(H,45,46)(H,47,48)/t36-/m0/s1. The lowest BCUT2D eigenvalue weighted by atomic mass is 9.86. The Morgan fingerprint density at radius 2 is 1.38 bits per heavy atom. The maximum absolute atomic E-state index is 14.7. The van der Waals surface area contributed by atoms with Gasteiger partial charge in [0.25, 0.3) is 21.8 Å². The summed E-state index contributed by atoms with van der Waals surface area (Å²) in [7, 11) is -3.14. The molecule has 0 saturated heterocycles. The van der Waals surface area contributed by atoms with Crippen LogP contribution >= 0.6 is 0 Å². The van der Waals surface area contributed by atoms with Crippen LogP contribution in [0.1, 0.15) is 77.0 Å². The van der Waals surface area contributed by atoms with Gasteiger partial charge in [-0.2, -0.15) is 0 Å². The van der Waals surface area contributed by atoms with E-state index in [0.29, 0.717) is 29.2 Å². The number of aromatic carboxylic acids is 2. The van der Waals surface area contributed by atoms with Gasteiger partial charge in [-0.15, -0.1) is 0 Å². The minimum atomic E-state index is -4.53. The third kappa shape index (κ3) is 8.05. The Labute approximate surface area is 305 Å². The number of carboxylic acids is 2. The third-order valence-corrected chi connectivity index (χ3v) is 10.2. The number of amides is 2. The van der Waals surface area contributed by atoms with Crippen molar-refractivity contribution in [2.24, 2.45) is 0 Å². The van der Waals surface area contributed by atoms with E-state index in [9.17, 15) is 37.8 Å². The van der Waals surface area contributed by atoms with Crippen LogP contribution in [0.25, 0.3) is 0 Å². The first-order valence-electron chi connectivity index (χ1n) is 16.5. The third-order valence-electron chi connectivity index (χ3n) is 8.90. The van der Waals surface area contributed by atoms with E-state index in [1.165, 1.54) is 36.3 Å². The number of rotatable bonds is 12. The van der Waals surface area contributed by atoms with Crippen molar-refractivity contribution in [3.8, 4) is 17.2 Å². The van der Waals surface area contributed by atoms with Crippen molar-refractivity contribution in [3.63, 3.8) is 0 Å². The van der Waals surface area contributed by atoms with E-state index in [1.807, 2.05) is 42.5 Å². The topological polar surface area (TPSA) is 177 Å². The van der Waals surface area contributed by atoms with Gasteiger partial charge in [-0.1, -0.05) is 54.6 Å². The highest BCUT2D eigenvalue weighted by Gasteiger charge is 2.34. The Morgan fingerprint density at radius 1 is 0.736 bits per heavy atom. The van der Waals surface area contributed by atoms with Crippen molar-refractivity contribution in [1.82, 2.24) is 9.62 Å². The molecular formula is C40H34N2O10S. The first-order valence-corrected chi connectivity index (χ1v) is 18.0. The quantitative estimate of drug-likeness (QED) is 0.125. The zero-order chi connectivity index (χ0) is 37.7. The molecule has 5 aromatic carbocycles. The van der Waals surface area contributed by atoms with E-state index in [0.717, 1.165) is 36.1 Å². The van der Waals surface area contributed by atoms with Crippen molar-refractivity contribution in [3.05, 3.63) is 154 Å². The monoisotopic (exact) mass is 734 g/mol. The van der Waals surface area contributed by atoms with Gasteiger partial charge in [-0.3, -0.25) is 9.59 Å². The molecule has 2 amide bonds. The minimum absolute atomic E-state index is 0.00632. The van der Waals surface area contributed by atoms with Gasteiger partial charge < -0.3 is 24.6 Å². The number of hydrogen-bond donors (Lipinski definition) is 3. The molecule has 0 fully saturated rings. The number of methoxy groups -OCH3 is 1. The fourth-order valence-electron chi connectivity index (χ4n) is 6.37. The zero-order valence-electron chi connectivity index (χ0n) is 28.4. The summed E-state index contributed by atoms with van der Waals surface area (Å²) in [6, 6.07) is 29.9. The second-order valence-corrected chi connectivity index (χ2v) is 13.9. The summed E-state index contributed by atoms with van der Waals surface area (Å²) in [6.45, 7) is -0.00632. The van der Waals surface area contributed by atoms with Crippen LogP contribution in [-0.2, 0) is 23.0 Å². The Bertz CT molecular complexity index is 2310. The Morgan fingerprint density at radius 3 is 2.08 bits per heavy atom. The molecule has 0 unspecified atom stereocenters. The van der Waals surface area contributed by atoms with Gasteiger partial charge in [-0.05, 0) is 96.6 Å². The number of carbonyl (C=O) groups is 4. The van der Waals surface area contributed by atoms with Crippen LogP contribution in [0.4, 0.5) is 0 Å². The van der Waals surface area contributed by atoms with E-state index in [-0.39, 0.29) is 11.4 Å². The zero-order valence-corrected chi connectivity index (χ0v) is 29.2. The lowest BCUT2D eigenvalue weighted by molar-refractivity contribution is 0.0614. The molecule has 1 aliphatic rings. The molecule has 270 valence electrons. The molecular weight excluding hydrogens is 701 g/mol. The number of nitrogens with zero attached hydrogens (tertiary/aromatic N) is 1. The van der Waals surface area contributed by atoms with Crippen molar-refractivity contribution in [2.75, 3.05) is 7.11 Å². The Balaban J connectivity index is 1.40. The molecule has 53 heavy (non-hydrogen) atoms. The molecule has 0 aromatic heterocycles. The number of sulfonamides is 1. The van der Waals surface area contributed by atoms with Crippen LogP contribution in [0.2, 0.25) is 0 Å². The Kier molecular flexibility index (Phi) is 10.6. The molecule has 1 atom stereocenters. The SMILES string of the molecule is COc1ccc(S(=O)(=O)NC(=O)c2cc(C(=O)O)c(C(=O)N(Cc3cccc(Oc4ccccc4)c3)[C@H]3CCCc4ccccc43)cc2C(=O)O)cc1. The van der Waals surface area contributed by atoms with Gasteiger partial charge >= 0.3 is 11.9 Å². The predicted octanol–water partition coefficient (Wildman–Crippen LogP) is 6.72. The summed E-state index contributed by atoms with van der Waals surface area (Å²) in [5.74, 6) is -4.03. The lowest BCUT2D eigenvalue weighted by Gasteiger charge is -2.36. The minimum Gasteiger partial charge on any atom is -0.497 e. The van der Waals surface area contributed by atoms with Crippen LogP contribution < -0.4 is 14.2 Å². The van der Waals surface area contributed by atoms with Gasteiger partial charge in [0.15, 0.2) is 0 Å². The van der Waals surface area contributed by atoms with Crippen LogP contribution in [0, 0.1) is 0 Å². The van der Waals surface area contributed by atoms with Crippen LogP contribution in [0.15, 0.2) is 120 Å². The molecule has 0 heterocycles. The maximum atomic E-state index is 14.7. The summed E-state index contributed by atoms with van der Waals surface area (Å²) in [5, 5.41) is 20.5. The van der Waals surface area contributed by atoms with Crippen molar-refractivity contribution < 1.29 is 47.3 Å². The Hall–Kier alpha value is -6.47. The van der Waals surface area contributed by atoms with Crippen molar-refractivity contribution in [2.45, 2.75) is 36.7 Å². The lowest BCUT2D eigenvalue weighted by Crippen LogP contribution is -2.37. The van der Waals surface area contributed by atoms with E-state index >= 15 is 0 Å². The second-order valence-electron chi connectivity index (χ2n) is 12.3. The van der Waals surface area contributed by atoms with Gasteiger partial charge in [0, 0.05) is 6.54 Å². The van der Waals surface area contributed by atoms with Gasteiger partial charge in [-0.25, -0.2) is 22.7 Å². The summed E-state index contributed by atoms with van der Waals surface area (Å²) in [4.78, 5) is 54.6. The van der Waals surface area contributed by atoms with E-state index in [2.05, 4.69) is 0 Å². The van der Waals surface area contributed by atoms with Crippen LogP contribution in [-0.4, -0.2) is 54.4 Å². The van der Waals surface area contributed by atoms with E-state index in [4.69, 9.17) is 9.47 Å². The molecule has 13 heteroatoms. The maximum Gasteiger partial charge on any atom is 0.336 e. The van der Waals surface area contributed by atoms with Gasteiger partial charge in [0.05, 0.1) is 40.3 Å². The predicted molar refractivity (Wildman–Crippen MR) is 193 cm³/mol. The molecule has 0 spiro atoms. The average Bonchev–Trinajstić information content (AvgIpc) is 3.16. The average molecular weight is 735 g/mol. The number of para-hydroxylation sites is 1. The second kappa shape index (κ2) is 15.4. The van der Waals surface area contributed by atoms with Crippen LogP contribution in [0.5, 0.6) is 17.2 Å². The molecule has 12 nitrogen and oxygen atoms in total. The van der Waals surface area contributed by atoms with E-state index in [1.54, 1.807) is 41.1 Å². The van der Waals surface area contributed by atoms with E-state index < -0.39 is 62.1 Å². The van der Waals surface area contributed by atoms with Crippen molar-refractivity contribution in [1.29, 1.82) is 0 Å². The first-order chi connectivity index (χ1) is 25.4. The summed E-state index contributed by atoms with van der Waals surface area (Å²) in [5.41, 5.74) is -0.125. The normalized spacial score (nSPS) is 13.6. The molecule has 0 saturated carbocycles. The highest BCUT2D eigenvalue weighted by atomic mass is 32.2. The molecule has 6 rings (SSSR count). The highest BCUT2D eigenvalue weighted by Crippen LogP contribution is 2.37. The van der Waals surface area contributed by atoms with Crippen LogP contribution in [0.3, 0.4) is 0 Å². The number of hydrogen-bond acceptors (Lipinski definition) is 8. The largest absolute Gasteiger partial charge is 0.497 e. The summed E-state index contributed by atoms with van der Waals surface area (Å²) in [6.07, 6.45) is 2.05. The summed E-state index contributed by atoms with van der Waals surface area (Å²) >= 11 is 0. The number of ether oxygens (including phenoxy) is 2. The summed E-state index contributed by atoms with van der Waals surface area (Å²) < 4.78 is 39.0. The molecule has 0 bridgehead atoms. The molecule has 1 aliphatic carbocycles. The molecule has 0 aliphatic heterocycles. The number of fused-ring (bicyclic) bond motifs is 1. The number of aryl methyl sites for hydroxylation is 1. The smallest absolute Gasteiger partial charge is 0.336 e. The molecule has 0 radical (unpaired) electrons. The number of benzene rings is 5.